The lowest BCUT2D eigenvalue weighted by molar-refractivity contribution is -0.128. The van der Waals surface area contributed by atoms with Crippen LogP contribution in [0.25, 0.3) is 0 Å². The Kier molecular flexibility index (Phi) is 4.52. The van der Waals surface area contributed by atoms with Crippen molar-refractivity contribution in [2.45, 2.75) is 45.4 Å². The number of nitrogens with two attached hydrogens (primary N) is 1. The maximum Gasteiger partial charge on any atom is 0.233 e. The molecule has 1 saturated carbocycles. The second kappa shape index (κ2) is 5.99. The zero-order chi connectivity index (χ0) is 14.6. The van der Waals surface area contributed by atoms with Gasteiger partial charge >= 0.3 is 0 Å². The molecule has 2 rings (SSSR count). The molecule has 0 bridgehead atoms. The lowest BCUT2D eigenvalue weighted by Crippen LogP contribution is -2.50. The van der Waals surface area contributed by atoms with E-state index in [4.69, 9.17) is 15.7 Å². The van der Waals surface area contributed by atoms with E-state index in [1.807, 2.05) is 0 Å². The van der Waals surface area contributed by atoms with Crippen LogP contribution in [0.3, 0.4) is 0 Å². The second-order valence-corrected chi connectivity index (χ2v) is 6.38. The summed E-state index contributed by atoms with van der Waals surface area (Å²) >= 11 is 0. The van der Waals surface area contributed by atoms with Gasteiger partial charge in [-0.15, -0.1) is 0 Å². The van der Waals surface area contributed by atoms with Crippen LogP contribution in [0, 0.1) is 10.8 Å². The third-order valence-corrected chi connectivity index (χ3v) is 4.87. The average molecular weight is 283 g/mol. The highest BCUT2D eigenvalue weighted by molar-refractivity contribution is 6.07. The van der Waals surface area contributed by atoms with Gasteiger partial charge in [-0.25, -0.2) is 0 Å². The Morgan fingerprint density at radius 1 is 1.30 bits per heavy atom. The minimum Gasteiger partial charge on any atom is -0.409 e. The van der Waals surface area contributed by atoms with Crippen molar-refractivity contribution in [2.24, 2.45) is 21.7 Å². The standard InChI is InChI=1S/C14H25N3O3/c1-13(6-8-20-9-7-13)10-16-12(18)14(11(15)17-19)4-2-3-5-14/h19H,2-10H2,1H3,(H2,15,17)(H,16,18). The number of rotatable bonds is 4. The van der Waals surface area contributed by atoms with E-state index in [0.29, 0.717) is 19.4 Å². The van der Waals surface area contributed by atoms with Gasteiger partial charge in [0.15, 0.2) is 5.84 Å². The number of oxime groups is 1. The van der Waals surface area contributed by atoms with Crippen LogP contribution in [0.2, 0.25) is 0 Å². The molecular formula is C14H25N3O3. The largest absolute Gasteiger partial charge is 0.409 e. The topological polar surface area (TPSA) is 96.9 Å². The summed E-state index contributed by atoms with van der Waals surface area (Å²) in [5.74, 6) is -0.0531. The SMILES string of the molecule is CC1(CNC(=O)C2(C(N)=NO)CCCC2)CCOCC1. The first-order valence-corrected chi connectivity index (χ1v) is 7.37. The number of hydrogen-bond acceptors (Lipinski definition) is 4. The number of nitrogens with one attached hydrogen (secondary N) is 1. The molecule has 0 unspecified atom stereocenters. The molecule has 6 heteroatoms. The van der Waals surface area contributed by atoms with Gasteiger partial charge in [-0.05, 0) is 31.1 Å². The highest BCUT2D eigenvalue weighted by Crippen LogP contribution is 2.39. The maximum absolute atomic E-state index is 12.5. The van der Waals surface area contributed by atoms with Gasteiger partial charge < -0.3 is 21.0 Å². The Balaban J connectivity index is 1.99. The molecule has 0 radical (unpaired) electrons. The van der Waals surface area contributed by atoms with Gasteiger partial charge in [0.05, 0.1) is 0 Å². The predicted molar refractivity (Wildman–Crippen MR) is 75.5 cm³/mol. The van der Waals surface area contributed by atoms with Crippen molar-refractivity contribution in [1.29, 1.82) is 0 Å². The summed E-state index contributed by atoms with van der Waals surface area (Å²) < 4.78 is 5.36. The van der Waals surface area contributed by atoms with Crippen molar-refractivity contribution in [3.63, 3.8) is 0 Å². The molecule has 0 aromatic heterocycles. The molecular weight excluding hydrogens is 258 g/mol. The first-order chi connectivity index (χ1) is 9.52. The number of carbonyl (C=O) groups excluding carboxylic acids is 1. The molecule has 2 fully saturated rings. The molecule has 4 N–H and O–H groups in total. The minimum atomic E-state index is -0.809. The molecule has 1 aliphatic heterocycles. The predicted octanol–water partition coefficient (Wildman–Crippen LogP) is 1.23. The van der Waals surface area contributed by atoms with Crippen LogP contribution in [0.1, 0.15) is 45.4 Å². The lowest BCUT2D eigenvalue weighted by Gasteiger charge is -2.35. The fourth-order valence-corrected chi connectivity index (χ4v) is 3.18. The summed E-state index contributed by atoms with van der Waals surface area (Å²) in [5.41, 5.74) is 5.05. The second-order valence-electron chi connectivity index (χ2n) is 6.38. The van der Waals surface area contributed by atoms with Crippen LogP contribution in [0.4, 0.5) is 0 Å². The molecule has 0 aromatic carbocycles. The van der Waals surface area contributed by atoms with Gasteiger partial charge in [-0.3, -0.25) is 4.79 Å². The van der Waals surface area contributed by atoms with E-state index in [-0.39, 0.29) is 17.2 Å². The van der Waals surface area contributed by atoms with Crippen LogP contribution >= 0.6 is 0 Å². The molecule has 1 heterocycles. The van der Waals surface area contributed by atoms with Gasteiger partial charge in [0, 0.05) is 19.8 Å². The Bertz CT molecular complexity index is 383. The van der Waals surface area contributed by atoms with Crippen molar-refractivity contribution in [2.75, 3.05) is 19.8 Å². The molecule has 0 spiro atoms. The minimum absolute atomic E-state index is 0.0460. The quantitative estimate of drug-likeness (QED) is 0.313. The van der Waals surface area contributed by atoms with Crippen molar-refractivity contribution in [1.82, 2.24) is 5.32 Å². The summed E-state index contributed by atoms with van der Waals surface area (Å²) in [6.45, 7) is 4.28. The van der Waals surface area contributed by atoms with Gasteiger partial charge in [-0.2, -0.15) is 0 Å². The fraction of sp³-hybridized carbons (Fsp3) is 0.857. The lowest BCUT2D eigenvalue weighted by atomic mass is 9.80. The third kappa shape index (κ3) is 2.90. The van der Waals surface area contributed by atoms with Crippen molar-refractivity contribution in [3.8, 4) is 0 Å². The molecule has 0 aromatic rings. The van der Waals surface area contributed by atoms with E-state index in [1.54, 1.807) is 0 Å². The Morgan fingerprint density at radius 2 is 1.90 bits per heavy atom. The molecule has 2 aliphatic rings. The molecule has 0 atom stereocenters. The first kappa shape index (κ1) is 15.1. The van der Waals surface area contributed by atoms with Crippen molar-refractivity contribution >= 4 is 11.7 Å². The van der Waals surface area contributed by atoms with E-state index in [1.165, 1.54) is 0 Å². The molecule has 6 nitrogen and oxygen atoms in total. The van der Waals surface area contributed by atoms with Gasteiger partial charge in [0.25, 0.3) is 0 Å². The zero-order valence-electron chi connectivity index (χ0n) is 12.2. The van der Waals surface area contributed by atoms with Gasteiger partial charge in [0.1, 0.15) is 5.41 Å². The van der Waals surface area contributed by atoms with Crippen LogP contribution in [0.5, 0.6) is 0 Å². The number of nitrogens with zero attached hydrogens (tertiary/aromatic N) is 1. The summed E-state index contributed by atoms with van der Waals surface area (Å²) in [5, 5.41) is 15.1. The van der Waals surface area contributed by atoms with Gasteiger partial charge in [0.2, 0.25) is 5.91 Å². The maximum atomic E-state index is 12.5. The summed E-state index contributed by atoms with van der Waals surface area (Å²) in [6, 6.07) is 0. The van der Waals surface area contributed by atoms with Crippen LogP contribution in [-0.2, 0) is 9.53 Å². The normalized spacial score (nSPS) is 25.4. The van der Waals surface area contributed by atoms with E-state index >= 15 is 0 Å². The number of carbonyl (C=O) groups is 1. The molecule has 1 amide bonds. The van der Waals surface area contributed by atoms with Crippen LogP contribution in [0.15, 0.2) is 5.16 Å². The fourth-order valence-electron chi connectivity index (χ4n) is 3.18. The number of ether oxygens (including phenoxy) is 1. The van der Waals surface area contributed by atoms with Crippen LogP contribution in [-0.4, -0.2) is 36.7 Å². The third-order valence-electron chi connectivity index (χ3n) is 4.87. The number of hydrogen-bond donors (Lipinski definition) is 3. The molecule has 1 saturated heterocycles. The van der Waals surface area contributed by atoms with Crippen molar-refractivity contribution in [3.05, 3.63) is 0 Å². The number of amidine groups is 1. The van der Waals surface area contributed by atoms with Crippen LogP contribution < -0.4 is 11.1 Å². The van der Waals surface area contributed by atoms with Gasteiger partial charge in [-0.1, -0.05) is 24.9 Å². The monoisotopic (exact) mass is 283 g/mol. The highest BCUT2D eigenvalue weighted by atomic mass is 16.5. The van der Waals surface area contributed by atoms with E-state index in [9.17, 15) is 4.79 Å². The van der Waals surface area contributed by atoms with E-state index in [0.717, 1.165) is 38.9 Å². The van der Waals surface area contributed by atoms with E-state index in [2.05, 4.69) is 17.4 Å². The first-order valence-electron chi connectivity index (χ1n) is 7.37. The molecule has 114 valence electrons. The summed E-state index contributed by atoms with van der Waals surface area (Å²) in [6.07, 6.45) is 5.10. The number of amides is 1. The summed E-state index contributed by atoms with van der Waals surface area (Å²) in [7, 11) is 0. The highest BCUT2D eigenvalue weighted by Gasteiger charge is 2.45. The van der Waals surface area contributed by atoms with E-state index < -0.39 is 5.41 Å². The molecule has 1 aliphatic carbocycles. The Morgan fingerprint density at radius 3 is 2.45 bits per heavy atom. The van der Waals surface area contributed by atoms with Crippen molar-refractivity contribution < 1.29 is 14.7 Å². The zero-order valence-corrected chi connectivity index (χ0v) is 12.2. The molecule has 20 heavy (non-hydrogen) atoms. The Labute approximate surface area is 119 Å². The summed E-state index contributed by atoms with van der Waals surface area (Å²) in [4.78, 5) is 12.5. The Hall–Kier alpha value is -1.30. The smallest absolute Gasteiger partial charge is 0.233 e. The average Bonchev–Trinajstić information content (AvgIpc) is 2.95.